The van der Waals surface area contributed by atoms with Crippen LogP contribution in [0.4, 0.5) is 5.13 Å². The van der Waals surface area contributed by atoms with E-state index in [-0.39, 0.29) is 5.91 Å². The van der Waals surface area contributed by atoms with Crippen molar-refractivity contribution < 1.29 is 9.53 Å². The predicted molar refractivity (Wildman–Crippen MR) is 89.2 cm³/mol. The first-order valence-electron chi connectivity index (χ1n) is 6.69. The number of rotatable bonds is 6. The molecule has 0 saturated carbocycles. The Morgan fingerprint density at radius 2 is 2.29 bits per heavy atom. The van der Waals surface area contributed by atoms with Crippen molar-refractivity contribution in [2.45, 2.75) is 20.3 Å². The lowest BCUT2D eigenvalue weighted by Gasteiger charge is -2.10. The number of nitrogens with zero attached hydrogens (tertiary/aromatic N) is 1. The number of amides is 1. The quantitative estimate of drug-likeness (QED) is 0.811. The maximum Gasteiger partial charge on any atom is 0.257 e. The van der Waals surface area contributed by atoms with Gasteiger partial charge in [-0.25, -0.2) is 4.98 Å². The number of carbonyl (C=O) groups excluding carboxylic acids is 1. The Kier molecular flexibility index (Phi) is 5.76. The maximum atomic E-state index is 12.1. The molecule has 112 valence electrons. The highest BCUT2D eigenvalue weighted by atomic mass is 79.9. The summed E-state index contributed by atoms with van der Waals surface area (Å²) in [6, 6.07) is 5.31. The lowest BCUT2D eigenvalue weighted by molar-refractivity contribution is 0.102. The minimum atomic E-state index is -0.181. The molecule has 6 heteroatoms. The van der Waals surface area contributed by atoms with Crippen molar-refractivity contribution in [3.8, 4) is 5.75 Å². The van der Waals surface area contributed by atoms with Gasteiger partial charge in [0.05, 0.1) is 11.1 Å². The second-order valence-electron chi connectivity index (χ2n) is 4.97. The average molecular weight is 369 g/mol. The summed E-state index contributed by atoms with van der Waals surface area (Å²) in [5.41, 5.74) is 0.563. The van der Waals surface area contributed by atoms with Crippen LogP contribution in [0.15, 0.2) is 34.2 Å². The number of aromatic nitrogens is 1. The summed E-state index contributed by atoms with van der Waals surface area (Å²) in [5.74, 6) is 1.17. The van der Waals surface area contributed by atoms with Crippen molar-refractivity contribution in [2.75, 3.05) is 11.9 Å². The van der Waals surface area contributed by atoms with E-state index in [1.165, 1.54) is 11.3 Å². The molecular formula is C15H17BrN2O2S. The molecule has 4 nitrogen and oxygen atoms in total. The van der Waals surface area contributed by atoms with Gasteiger partial charge in [-0.3, -0.25) is 10.1 Å². The van der Waals surface area contributed by atoms with Crippen LogP contribution in [0.1, 0.15) is 30.6 Å². The minimum Gasteiger partial charge on any atom is -0.492 e. The summed E-state index contributed by atoms with van der Waals surface area (Å²) in [6.45, 7) is 4.98. The molecule has 21 heavy (non-hydrogen) atoms. The largest absolute Gasteiger partial charge is 0.492 e. The first-order valence-corrected chi connectivity index (χ1v) is 8.36. The van der Waals surface area contributed by atoms with E-state index in [1.54, 1.807) is 24.4 Å². The topological polar surface area (TPSA) is 51.2 Å². The molecule has 1 aromatic carbocycles. The summed E-state index contributed by atoms with van der Waals surface area (Å²) in [7, 11) is 0. The maximum absolute atomic E-state index is 12.1. The van der Waals surface area contributed by atoms with Crippen LogP contribution in [0.5, 0.6) is 5.75 Å². The second-order valence-corrected chi connectivity index (χ2v) is 6.72. The Labute approximate surface area is 136 Å². The number of benzene rings is 1. The van der Waals surface area contributed by atoms with Gasteiger partial charge in [0.25, 0.3) is 5.91 Å². The Balaban J connectivity index is 1.99. The van der Waals surface area contributed by atoms with Gasteiger partial charge in [0.2, 0.25) is 0 Å². The van der Waals surface area contributed by atoms with Gasteiger partial charge in [-0.1, -0.05) is 13.8 Å². The molecule has 2 aromatic rings. The molecule has 0 spiro atoms. The Morgan fingerprint density at radius 1 is 1.48 bits per heavy atom. The molecule has 0 saturated heterocycles. The molecule has 1 amide bonds. The van der Waals surface area contributed by atoms with Gasteiger partial charge < -0.3 is 4.74 Å². The fourth-order valence-electron chi connectivity index (χ4n) is 1.62. The molecule has 0 atom stereocenters. The smallest absolute Gasteiger partial charge is 0.257 e. The second kappa shape index (κ2) is 7.56. The van der Waals surface area contributed by atoms with Crippen molar-refractivity contribution in [2.24, 2.45) is 5.92 Å². The number of hydrogen-bond donors (Lipinski definition) is 1. The zero-order valence-corrected chi connectivity index (χ0v) is 14.3. The fraction of sp³-hybridized carbons (Fsp3) is 0.333. The lowest BCUT2D eigenvalue weighted by atomic mass is 10.1. The number of carbonyl (C=O) groups is 1. The third-order valence-corrected chi connectivity index (χ3v) is 4.11. The monoisotopic (exact) mass is 368 g/mol. The normalized spacial score (nSPS) is 10.7. The molecule has 0 bridgehead atoms. The standard InChI is InChI=1S/C15H17BrN2O2S/c1-10(2)5-7-20-13-4-3-11(9-12(13)16)14(19)18-15-17-6-8-21-15/h3-4,6,8-10H,5,7H2,1-2H3,(H,17,18,19). The first-order chi connectivity index (χ1) is 10.1. The van der Waals surface area contributed by atoms with Gasteiger partial charge in [0.1, 0.15) is 5.75 Å². The SMILES string of the molecule is CC(C)CCOc1ccc(C(=O)Nc2nccs2)cc1Br. The van der Waals surface area contributed by atoms with Gasteiger partial charge in [0, 0.05) is 17.1 Å². The van der Waals surface area contributed by atoms with E-state index in [4.69, 9.17) is 4.74 Å². The van der Waals surface area contributed by atoms with Crippen LogP contribution in [0, 0.1) is 5.92 Å². The van der Waals surface area contributed by atoms with E-state index in [9.17, 15) is 4.79 Å². The summed E-state index contributed by atoms with van der Waals surface area (Å²) >= 11 is 4.83. The molecule has 0 aliphatic rings. The number of nitrogens with one attached hydrogen (secondary N) is 1. The van der Waals surface area contributed by atoms with E-state index in [1.807, 2.05) is 5.38 Å². The molecular weight excluding hydrogens is 352 g/mol. The zero-order valence-electron chi connectivity index (χ0n) is 11.9. The van der Waals surface area contributed by atoms with Crippen molar-refractivity contribution in [1.29, 1.82) is 0 Å². The van der Waals surface area contributed by atoms with Gasteiger partial charge >= 0.3 is 0 Å². The van der Waals surface area contributed by atoms with Crippen molar-refractivity contribution in [3.63, 3.8) is 0 Å². The first kappa shape index (κ1) is 16.0. The van der Waals surface area contributed by atoms with E-state index in [0.29, 0.717) is 23.2 Å². The van der Waals surface area contributed by atoms with Crippen LogP contribution in [0.25, 0.3) is 0 Å². The summed E-state index contributed by atoms with van der Waals surface area (Å²) in [6.07, 6.45) is 2.65. The van der Waals surface area contributed by atoms with Crippen LogP contribution in [-0.4, -0.2) is 17.5 Å². The Morgan fingerprint density at radius 3 is 2.90 bits per heavy atom. The van der Waals surface area contributed by atoms with Crippen molar-refractivity contribution >= 4 is 38.3 Å². The number of hydrogen-bond acceptors (Lipinski definition) is 4. The molecule has 0 fully saturated rings. The number of thiazole rings is 1. The van der Waals surface area contributed by atoms with Gasteiger partial charge in [-0.05, 0) is 46.5 Å². The highest BCUT2D eigenvalue weighted by Crippen LogP contribution is 2.27. The van der Waals surface area contributed by atoms with Crippen LogP contribution in [0.3, 0.4) is 0 Å². The Hall–Kier alpha value is -1.40. The number of ether oxygens (including phenoxy) is 1. The molecule has 2 rings (SSSR count). The van der Waals surface area contributed by atoms with Gasteiger partial charge in [-0.2, -0.15) is 0 Å². The molecule has 1 aromatic heterocycles. The molecule has 0 unspecified atom stereocenters. The average Bonchev–Trinajstić information content (AvgIpc) is 2.93. The molecule has 0 aliphatic carbocycles. The third kappa shape index (κ3) is 4.82. The van der Waals surface area contributed by atoms with E-state index < -0.39 is 0 Å². The number of anilines is 1. The predicted octanol–water partition coefficient (Wildman–Crippen LogP) is 4.58. The summed E-state index contributed by atoms with van der Waals surface area (Å²) in [5, 5.41) is 5.16. The van der Waals surface area contributed by atoms with Crippen molar-refractivity contribution in [1.82, 2.24) is 4.98 Å². The highest BCUT2D eigenvalue weighted by Gasteiger charge is 2.10. The molecule has 0 radical (unpaired) electrons. The van der Waals surface area contributed by atoms with E-state index in [2.05, 4.69) is 40.1 Å². The molecule has 0 aliphatic heterocycles. The summed E-state index contributed by atoms with van der Waals surface area (Å²) in [4.78, 5) is 16.1. The van der Waals surface area contributed by atoms with Crippen molar-refractivity contribution in [3.05, 3.63) is 39.8 Å². The van der Waals surface area contributed by atoms with Crippen LogP contribution < -0.4 is 10.1 Å². The van der Waals surface area contributed by atoms with Crippen LogP contribution >= 0.6 is 27.3 Å². The van der Waals surface area contributed by atoms with E-state index in [0.717, 1.165) is 16.6 Å². The summed E-state index contributed by atoms with van der Waals surface area (Å²) < 4.78 is 6.48. The number of halogens is 1. The lowest BCUT2D eigenvalue weighted by Crippen LogP contribution is -2.11. The van der Waals surface area contributed by atoms with Crippen LogP contribution in [0.2, 0.25) is 0 Å². The van der Waals surface area contributed by atoms with E-state index >= 15 is 0 Å². The van der Waals surface area contributed by atoms with Gasteiger partial charge in [0.15, 0.2) is 5.13 Å². The zero-order chi connectivity index (χ0) is 15.2. The minimum absolute atomic E-state index is 0.181. The van der Waals surface area contributed by atoms with Gasteiger partial charge in [-0.15, -0.1) is 11.3 Å². The molecule has 1 N–H and O–H groups in total. The third-order valence-electron chi connectivity index (χ3n) is 2.80. The highest BCUT2D eigenvalue weighted by molar-refractivity contribution is 9.10. The molecule has 1 heterocycles. The van der Waals surface area contributed by atoms with Crippen LogP contribution in [-0.2, 0) is 0 Å². The Bertz CT molecular complexity index is 600. The fourth-order valence-corrected chi connectivity index (χ4v) is 2.64.